The lowest BCUT2D eigenvalue weighted by atomic mass is 10.2. The van der Waals surface area contributed by atoms with Gasteiger partial charge in [-0.2, -0.15) is 4.31 Å². The maximum Gasteiger partial charge on any atom is 0.321 e. The molecule has 0 aliphatic carbocycles. The fourth-order valence-corrected chi connectivity index (χ4v) is 3.48. The maximum atomic E-state index is 12.8. The summed E-state index contributed by atoms with van der Waals surface area (Å²) < 4.78 is 31.2. The number of rotatable bonds is 7. The van der Waals surface area contributed by atoms with Crippen molar-refractivity contribution in [3.8, 4) is 0 Å². The van der Waals surface area contributed by atoms with Gasteiger partial charge in [-0.25, -0.2) is 8.42 Å². The number of carbonyl (C=O) groups is 1. The third kappa shape index (κ3) is 4.61. The number of hydrogen-bond acceptors (Lipinski definition) is 6. The van der Waals surface area contributed by atoms with Gasteiger partial charge < -0.3 is 4.74 Å². The molecule has 0 bridgehead atoms. The summed E-state index contributed by atoms with van der Waals surface area (Å²) in [5.74, 6) is -0.707. The van der Waals surface area contributed by atoms with E-state index in [1.807, 2.05) is 0 Å². The quantitative estimate of drug-likeness (QED) is 0.422. The molecule has 0 aromatic heterocycles. The summed E-state index contributed by atoms with van der Waals surface area (Å²) in [5, 5.41) is 10.7. The standard InChI is InChI=1S/C16H16N2O6S/c1-24-16(19)12-17(11-13-5-3-2-4-6-13)25(22,23)15-9-7-14(8-10-15)18(20)21/h2-10H,11-12H2,1H3. The minimum atomic E-state index is -4.04. The topological polar surface area (TPSA) is 107 Å². The Morgan fingerprint density at radius 2 is 1.72 bits per heavy atom. The second kappa shape index (κ2) is 7.86. The van der Waals surface area contributed by atoms with E-state index in [9.17, 15) is 23.3 Å². The lowest BCUT2D eigenvalue weighted by Crippen LogP contribution is -2.35. The summed E-state index contributed by atoms with van der Waals surface area (Å²) >= 11 is 0. The highest BCUT2D eigenvalue weighted by Crippen LogP contribution is 2.21. The Bertz CT molecular complexity index is 850. The molecule has 0 heterocycles. The van der Waals surface area contributed by atoms with Crippen LogP contribution in [0.4, 0.5) is 5.69 Å². The monoisotopic (exact) mass is 364 g/mol. The number of nitro benzene ring substituents is 1. The first-order valence-corrected chi connectivity index (χ1v) is 8.64. The first-order chi connectivity index (χ1) is 11.8. The van der Waals surface area contributed by atoms with Crippen LogP contribution in [0.1, 0.15) is 5.56 Å². The van der Waals surface area contributed by atoms with Crippen LogP contribution in [-0.2, 0) is 26.1 Å². The molecule has 0 saturated heterocycles. The van der Waals surface area contributed by atoms with E-state index in [0.717, 1.165) is 28.6 Å². The molecule has 0 aliphatic heterocycles. The van der Waals surface area contributed by atoms with Crippen molar-refractivity contribution in [1.29, 1.82) is 0 Å². The van der Waals surface area contributed by atoms with Crippen molar-refractivity contribution in [2.45, 2.75) is 11.4 Å². The summed E-state index contributed by atoms with van der Waals surface area (Å²) in [6, 6.07) is 13.3. The molecule has 0 amide bonds. The van der Waals surface area contributed by atoms with E-state index in [2.05, 4.69) is 4.74 Å². The number of esters is 1. The fraction of sp³-hybridized carbons (Fsp3) is 0.188. The first kappa shape index (κ1) is 18.6. The van der Waals surface area contributed by atoms with Crippen molar-refractivity contribution in [2.24, 2.45) is 0 Å². The van der Waals surface area contributed by atoms with Gasteiger partial charge in [0.1, 0.15) is 6.54 Å². The summed E-state index contributed by atoms with van der Waals surface area (Å²) in [5.41, 5.74) is 0.471. The number of carbonyl (C=O) groups excluding carboxylic acids is 1. The zero-order valence-electron chi connectivity index (χ0n) is 13.4. The maximum absolute atomic E-state index is 12.8. The van der Waals surface area contributed by atoms with Gasteiger partial charge >= 0.3 is 5.97 Å². The van der Waals surface area contributed by atoms with E-state index in [0.29, 0.717) is 5.56 Å². The van der Waals surface area contributed by atoms with Crippen LogP contribution in [0.3, 0.4) is 0 Å². The highest BCUT2D eigenvalue weighted by molar-refractivity contribution is 7.89. The average molecular weight is 364 g/mol. The van der Waals surface area contributed by atoms with Gasteiger partial charge in [0.2, 0.25) is 10.0 Å². The van der Waals surface area contributed by atoms with Gasteiger partial charge in [-0.3, -0.25) is 14.9 Å². The smallest absolute Gasteiger partial charge is 0.321 e. The molecule has 2 aromatic rings. The van der Waals surface area contributed by atoms with Crippen LogP contribution in [0.25, 0.3) is 0 Å². The minimum absolute atomic E-state index is 0.0325. The van der Waals surface area contributed by atoms with E-state index in [4.69, 9.17) is 0 Å². The molecule has 2 aromatic carbocycles. The van der Waals surface area contributed by atoms with Crippen molar-refractivity contribution < 1.29 is 22.9 Å². The number of nitrogens with zero attached hydrogens (tertiary/aromatic N) is 2. The predicted molar refractivity (Wildman–Crippen MR) is 89.2 cm³/mol. The summed E-state index contributed by atoms with van der Waals surface area (Å²) in [6.07, 6.45) is 0. The summed E-state index contributed by atoms with van der Waals surface area (Å²) in [4.78, 5) is 21.6. The van der Waals surface area contributed by atoms with Crippen molar-refractivity contribution in [3.63, 3.8) is 0 Å². The zero-order valence-corrected chi connectivity index (χ0v) is 14.2. The molecule has 0 aliphatic rings. The Morgan fingerprint density at radius 3 is 2.24 bits per heavy atom. The van der Waals surface area contributed by atoms with Gasteiger partial charge in [-0.15, -0.1) is 0 Å². The second-order valence-corrected chi connectivity index (χ2v) is 7.02. The number of nitro groups is 1. The normalized spacial score (nSPS) is 11.3. The second-order valence-electron chi connectivity index (χ2n) is 5.09. The van der Waals surface area contributed by atoms with Gasteiger partial charge in [-0.1, -0.05) is 30.3 Å². The van der Waals surface area contributed by atoms with Crippen molar-refractivity contribution in [1.82, 2.24) is 4.31 Å². The largest absolute Gasteiger partial charge is 0.468 e. The molecular weight excluding hydrogens is 348 g/mol. The number of sulfonamides is 1. The van der Waals surface area contributed by atoms with Crippen LogP contribution in [0.15, 0.2) is 59.5 Å². The van der Waals surface area contributed by atoms with Crippen LogP contribution in [0.2, 0.25) is 0 Å². The Labute approximate surface area is 144 Å². The van der Waals surface area contributed by atoms with Gasteiger partial charge in [0.15, 0.2) is 0 Å². The van der Waals surface area contributed by atoms with Gasteiger partial charge in [-0.05, 0) is 17.7 Å². The van der Waals surface area contributed by atoms with Crippen LogP contribution in [-0.4, -0.2) is 37.3 Å². The van der Waals surface area contributed by atoms with Crippen LogP contribution in [0, 0.1) is 10.1 Å². The van der Waals surface area contributed by atoms with Crippen molar-refractivity contribution in [2.75, 3.05) is 13.7 Å². The number of hydrogen-bond donors (Lipinski definition) is 0. The van der Waals surface area contributed by atoms with E-state index in [1.165, 1.54) is 7.11 Å². The molecule has 0 N–H and O–H groups in total. The predicted octanol–water partition coefficient (Wildman–Crippen LogP) is 1.96. The highest BCUT2D eigenvalue weighted by atomic mass is 32.2. The van der Waals surface area contributed by atoms with Crippen LogP contribution >= 0.6 is 0 Å². The summed E-state index contributed by atoms with van der Waals surface area (Å²) in [7, 11) is -2.87. The minimum Gasteiger partial charge on any atom is -0.468 e. The van der Waals surface area contributed by atoms with E-state index in [1.54, 1.807) is 30.3 Å². The molecule has 9 heteroatoms. The van der Waals surface area contributed by atoms with Gasteiger partial charge in [0, 0.05) is 18.7 Å². The first-order valence-electron chi connectivity index (χ1n) is 7.20. The Balaban J connectivity index is 2.36. The molecule has 25 heavy (non-hydrogen) atoms. The molecule has 132 valence electrons. The Hall–Kier alpha value is -2.78. The average Bonchev–Trinajstić information content (AvgIpc) is 2.62. The van der Waals surface area contributed by atoms with Crippen molar-refractivity contribution >= 4 is 21.7 Å². The molecule has 0 atom stereocenters. The summed E-state index contributed by atoms with van der Waals surface area (Å²) in [6.45, 7) is -0.500. The number of ether oxygens (including phenoxy) is 1. The molecule has 0 saturated carbocycles. The van der Waals surface area contributed by atoms with E-state index < -0.39 is 27.5 Å². The SMILES string of the molecule is COC(=O)CN(Cc1ccccc1)S(=O)(=O)c1ccc([N+](=O)[O-])cc1. The van der Waals surface area contributed by atoms with Gasteiger partial charge in [0.05, 0.1) is 16.9 Å². The molecule has 8 nitrogen and oxygen atoms in total. The lowest BCUT2D eigenvalue weighted by Gasteiger charge is -2.21. The zero-order chi connectivity index (χ0) is 18.4. The number of methoxy groups -OCH3 is 1. The molecule has 0 radical (unpaired) electrons. The Morgan fingerprint density at radius 1 is 1.12 bits per heavy atom. The molecule has 0 unspecified atom stereocenters. The highest BCUT2D eigenvalue weighted by Gasteiger charge is 2.27. The van der Waals surface area contributed by atoms with E-state index in [-0.39, 0.29) is 17.1 Å². The third-order valence-corrected chi connectivity index (χ3v) is 5.23. The van der Waals surface area contributed by atoms with Crippen molar-refractivity contribution in [3.05, 3.63) is 70.3 Å². The molecule has 2 rings (SSSR count). The third-order valence-electron chi connectivity index (χ3n) is 3.42. The molecular formula is C16H16N2O6S. The van der Waals surface area contributed by atoms with Gasteiger partial charge in [0.25, 0.3) is 5.69 Å². The Kier molecular flexibility index (Phi) is 5.84. The van der Waals surface area contributed by atoms with Crippen LogP contribution in [0.5, 0.6) is 0 Å². The fourth-order valence-electron chi connectivity index (χ4n) is 2.11. The lowest BCUT2D eigenvalue weighted by molar-refractivity contribution is -0.384. The number of non-ortho nitro benzene ring substituents is 1. The molecule has 0 spiro atoms. The van der Waals surface area contributed by atoms with E-state index >= 15 is 0 Å². The van der Waals surface area contributed by atoms with Crippen LogP contribution < -0.4 is 0 Å². The number of benzene rings is 2. The molecule has 0 fully saturated rings.